The molecule has 1 aliphatic carbocycles. The first kappa shape index (κ1) is 21.8. The fraction of sp³-hybridized carbons (Fsp3) is 0.474. The molecule has 0 spiro atoms. The molecule has 8 nitrogen and oxygen atoms in total. The molecule has 0 bridgehead atoms. The van der Waals surface area contributed by atoms with Crippen molar-refractivity contribution in [1.82, 2.24) is 20.8 Å². The van der Waals surface area contributed by atoms with Crippen LogP contribution in [0.1, 0.15) is 54.5 Å². The lowest BCUT2D eigenvalue weighted by molar-refractivity contribution is -0.123. The number of carbonyl (C=O) groups excluding carboxylic acids is 2. The highest BCUT2D eigenvalue weighted by Crippen LogP contribution is 2.30. The second-order valence-electron chi connectivity index (χ2n) is 6.76. The first-order valence-corrected chi connectivity index (χ1v) is 11.1. The van der Waals surface area contributed by atoms with E-state index >= 15 is 0 Å². The average Bonchev–Trinajstić information content (AvgIpc) is 3.21. The number of halogens is 2. The molecule has 1 aliphatic rings. The van der Waals surface area contributed by atoms with Gasteiger partial charge in [-0.25, -0.2) is 0 Å². The Labute approximate surface area is 185 Å². The van der Waals surface area contributed by atoms with Gasteiger partial charge in [0.1, 0.15) is 5.75 Å². The lowest BCUT2D eigenvalue weighted by Crippen LogP contribution is -2.36. The van der Waals surface area contributed by atoms with Crippen molar-refractivity contribution >= 4 is 43.7 Å². The van der Waals surface area contributed by atoms with Crippen molar-refractivity contribution in [2.24, 2.45) is 0 Å². The molecule has 1 aromatic heterocycles. The summed E-state index contributed by atoms with van der Waals surface area (Å²) in [5.41, 5.74) is 0. The second-order valence-corrected chi connectivity index (χ2v) is 8.53. The number of rotatable bonds is 8. The quantitative estimate of drug-likeness (QED) is 0.506. The molecule has 0 aliphatic heterocycles. The van der Waals surface area contributed by atoms with Crippen LogP contribution >= 0.6 is 31.9 Å². The fourth-order valence-corrected chi connectivity index (χ4v) is 4.26. The van der Waals surface area contributed by atoms with E-state index in [0.29, 0.717) is 11.6 Å². The second kappa shape index (κ2) is 10.7. The van der Waals surface area contributed by atoms with E-state index in [0.717, 1.165) is 34.6 Å². The van der Waals surface area contributed by atoms with E-state index in [4.69, 9.17) is 9.26 Å². The van der Waals surface area contributed by atoms with Gasteiger partial charge >= 0.3 is 11.8 Å². The van der Waals surface area contributed by atoms with Gasteiger partial charge in [-0.15, -0.1) is 0 Å². The zero-order valence-electron chi connectivity index (χ0n) is 15.7. The molecule has 1 fully saturated rings. The summed E-state index contributed by atoms with van der Waals surface area (Å²) < 4.78 is 12.2. The van der Waals surface area contributed by atoms with Crippen LogP contribution in [0, 0.1) is 0 Å². The number of hydrogen-bond donors (Lipinski definition) is 2. The first-order chi connectivity index (χ1) is 14.0. The Morgan fingerprint density at radius 1 is 1.14 bits per heavy atom. The van der Waals surface area contributed by atoms with Gasteiger partial charge in [-0.3, -0.25) is 9.59 Å². The van der Waals surface area contributed by atoms with Crippen molar-refractivity contribution in [1.29, 1.82) is 0 Å². The third-order valence-electron chi connectivity index (χ3n) is 4.59. The Morgan fingerprint density at radius 2 is 1.90 bits per heavy atom. The van der Waals surface area contributed by atoms with Crippen molar-refractivity contribution in [3.05, 3.63) is 38.9 Å². The molecule has 0 radical (unpaired) electrons. The summed E-state index contributed by atoms with van der Waals surface area (Å²) in [6.07, 6.45) is 5.61. The maximum atomic E-state index is 12.1. The molecule has 1 heterocycles. The smallest absolute Gasteiger partial charge is 0.315 e. The third-order valence-corrected chi connectivity index (χ3v) is 5.70. The van der Waals surface area contributed by atoms with E-state index in [9.17, 15) is 9.59 Å². The SMILES string of the molecule is O=C(COc1ccc(Br)cc1Br)NCCNC(=O)c1nc(C2CCCCC2)no1. The molecule has 0 saturated heterocycles. The van der Waals surface area contributed by atoms with Crippen LogP contribution in [0.3, 0.4) is 0 Å². The Bertz CT molecular complexity index is 852. The minimum atomic E-state index is -0.441. The highest BCUT2D eigenvalue weighted by atomic mass is 79.9. The van der Waals surface area contributed by atoms with Crippen LogP contribution in [-0.2, 0) is 4.79 Å². The molecule has 3 rings (SSSR count). The monoisotopic (exact) mass is 528 g/mol. The molecule has 2 amide bonds. The normalized spacial score (nSPS) is 14.4. The van der Waals surface area contributed by atoms with E-state index in [1.54, 1.807) is 6.07 Å². The molecule has 29 heavy (non-hydrogen) atoms. The van der Waals surface area contributed by atoms with Crippen LogP contribution in [-0.4, -0.2) is 41.7 Å². The van der Waals surface area contributed by atoms with Crippen LogP contribution < -0.4 is 15.4 Å². The Balaban J connectivity index is 1.35. The summed E-state index contributed by atoms with van der Waals surface area (Å²) in [5.74, 6) is 0.691. The molecule has 0 unspecified atom stereocenters. The lowest BCUT2D eigenvalue weighted by Gasteiger charge is -2.17. The van der Waals surface area contributed by atoms with Crippen molar-refractivity contribution in [2.75, 3.05) is 19.7 Å². The van der Waals surface area contributed by atoms with Crippen molar-refractivity contribution in [3.8, 4) is 5.75 Å². The number of benzene rings is 1. The van der Waals surface area contributed by atoms with Gasteiger partial charge in [0.25, 0.3) is 5.91 Å². The predicted molar refractivity (Wildman–Crippen MR) is 113 cm³/mol. The number of carbonyl (C=O) groups is 2. The van der Waals surface area contributed by atoms with Crippen molar-refractivity contribution < 1.29 is 18.8 Å². The van der Waals surface area contributed by atoms with Gasteiger partial charge in [-0.05, 0) is 47.0 Å². The predicted octanol–water partition coefficient (Wildman–Crippen LogP) is 3.57. The summed E-state index contributed by atoms with van der Waals surface area (Å²) in [6.45, 7) is 0.384. The fourth-order valence-electron chi connectivity index (χ4n) is 3.09. The third kappa shape index (κ3) is 6.53. The maximum Gasteiger partial charge on any atom is 0.315 e. The number of ether oxygens (including phenoxy) is 1. The summed E-state index contributed by atoms with van der Waals surface area (Å²) in [6, 6.07) is 5.42. The molecule has 1 aromatic carbocycles. The minimum absolute atomic E-state index is 0.0414. The van der Waals surface area contributed by atoms with Crippen LogP contribution in [0.4, 0.5) is 0 Å². The number of aromatic nitrogens is 2. The van der Waals surface area contributed by atoms with Gasteiger partial charge in [-0.2, -0.15) is 4.98 Å². The highest BCUT2D eigenvalue weighted by molar-refractivity contribution is 9.11. The number of amides is 2. The molecular formula is C19H22Br2N4O4. The van der Waals surface area contributed by atoms with Crippen LogP contribution in [0.5, 0.6) is 5.75 Å². The van der Waals surface area contributed by atoms with Crippen LogP contribution in [0.2, 0.25) is 0 Å². The minimum Gasteiger partial charge on any atom is -0.483 e. The zero-order chi connectivity index (χ0) is 20.6. The molecule has 2 N–H and O–H groups in total. The Hall–Kier alpha value is -1.94. The lowest BCUT2D eigenvalue weighted by atomic mass is 9.89. The van der Waals surface area contributed by atoms with Gasteiger partial charge in [0, 0.05) is 23.5 Å². The van der Waals surface area contributed by atoms with E-state index < -0.39 is 5.91 Å². The van der Waals surface area contributed by atoms with E-state index in [1.165, 1.54) is 6.42 Å². The van der Waals surface area contributed by atoms with Gasteiger partial charge < -0.3 is 19.9 Å². The molecule has 1 saturated carbocycles. The summed E-state index contributed by atoms with van der Waals surface area (Å²) >= 11 is 6.73. The number of hydrogen-bond acceptors (Lipinski definition) is 6. The van der Waals surface area contributed by atoms with E-state index in [-0.39, 0.29) is 37.4 Å². The van der Waals surface area contributed by atoms with Gasteiger partial charge in [0.05, 0.1) is 4.47 Å². The highest BCUT2D eigenvalue weighted by Gasteiger charge is 2.23. The van der Waals surface area contributed by atoms with E-state index in [2.05, 4.69) is 52.6 Å². The van der Waals surface area contributed by atoms with Crippen molar-refractivity contribution in [3.63, 3.8) is 0 Å². The summed E-state index contributed by atoms with van der Waals surface area (Å²) in [4.78, 5) is 28.2. The first-order valence-electron chi connectivity index (χ1n) is 9.49. The molecule has 0 atom stereocenters. The zero-order valence-corrected chi connectivity index (χ0v) is 18.9. The molecule has 2 aromatic rings. The van der Waals surface area contributed by atoms with Crippen molar-refractivity contribution in [2.45, 2.75) is 38.0 Å². The average molecular weight is 530 g/mol. The topological polar surface area (TPSA) is 106 Å². The largest absolute Gasteiger partial charge is 0.483 e. The maximum absolute atomic E-state index is 12.1. The van der Waals surface area contributed by atoms with Crippen LogP contribution in [0.25, 0.3) is 0 Å². The van der Waals surface area contributed by atoms with Gasteiger partial charge in [-0.1, -0.05) is 40.3 Å². The van der Waals surface area contributed by atoms with Crippen LogP contribution in [0.15, 0.2) is 31.7 Å². The number of nitrogens with one attached hydrogen (secondary N) is 2. The van der Waals surface area contributed by atoms with Gasteiger partial charge in [0.15, 0.2) is 12.4 Å². The standard InChI is InChI=1S/C19H22Br2N4O4/c20-13-6-7-15(14(21)10-13)28-11-16(26)22-8-9-23-18(27)19-24-17(25-29-19)12-4-2-1-3-5-12/h6-7,10,12H,1-5,8-9,11H2,(H,22,26)(H,23,27). The number of nitrogens with zero attached hydrogens (tertiary/aromatic N) is 2. The summed E-state index contributed by atoms with van der Waals surface area (Å²) in [5, 5.41) is 9.28. The van der Waals surface area contributed by atoms with E-state index in [1.807, 2.05) is 12.1 Å². The Kier molecular flexibility index (Phi) is 8.05. The molecular weight excluding hydrogens is 508 g/mol. The molecule has 10 heteroatoms. The van der Waals surface area contributed by atoms with Gasteiger partial charge in [0.2, 0.25) is 0 Å². The summed E-state index contributed by atoms with van der Waals surface area (Å²) in [7, 11) is 0. The molecule has 156 valence electrons. The Morgan fingerprint density at radius 3 is 2.66 bits per heavy atom.